The van der Waals surface area contributed by atoms with Crippen LogP contribution in [0.5, 0.6) is 0 Å². The molecule has 13 rings (SSSR count). The van der Waals surface area contributed by atoms with Crippen molar-refractivity contribution in [3.05, 3.63) is 182 Å². The first kappa shape index (κ1) is 30.7. The lowest BCUT2D eigenvalue weighted by atomic mass is 9.78. The molecule has 4 heteroatoms. The van der Waals surface area contributed by atoms with Crippen LogP contribution in [0.15, 0.2) is 171 Å². The Morgan fingerprint density at radius 3 is 2.23 bits per heavy atom. The summed E-state index contributed by atoms with van der Waals surface area (Å²) in [6.07, 6.45) is 6.48. The third kappa shape index (κ3) is 4.01. The first-order valence-corrected chi connectivity index (χ1v) is 20.5. The molecule has 2 aliphatic rings. The van der Waals surface area contributed by atoms with E-state index in [9.17, 15) is 0 Å². The van der Waals surface area contributed by atoms with E-state index in [0.717, 1.165) is 18.5 Å². The lowest BCUT2D eigenvalue weighted by Gasteiger charge is -2.29. The van der Waals surface area contributed by atoms with Crippen LogP contribution in [0, 0.1) is 0 Å². The highest BCUT2D eigenvalue weighted by molar-refractivity contribution is 7.26. The van der Waals surface area contributed by atoms with Gasteiger partial charge in [-0.05, 0) is 90.2 Å². The van der Waals surface area contributed by atoms with Gasteiger partial charge in [-0.3, -0.25) is 0 Å². The fourth-order valence-corrected chi connectivity index (χ4v) is 11.8. The lowest BCUT2D eigenvalue weighted by molar-refractivity contribution is -0.727. The van der Waals surface area contributed by atoms with Gasteiger partial charge >= 0.3 is 0 Å². The Bertz CT molecular complexity index is 3460. The molecule has 0 saturated heterocycles. The minimum atomic E-state index is 0.0430. The first-order valence-electron chi connectivity index (χ1n) is 19.7. The number of hydrogen-bond acceptors (Lipinski definition) is 1. The zero-order valence-electron chi connectivity index (χ0n) is 30.6. The summed E-state index contributed by atoms with van der Waals surface area (Å²) in [5.41, 5.74) is 15.4. The normalized spacial score (nSPS) is 16.5. The molecule has 0 amide bonds. The van der Waals surface area contributed by atoms with Crippen LogP contribution in [-0.2, 0) is 6.42 Å². The molecule has 262 valence electrons. The van der Waals surface area contributed by atoms with Crippen LogP contribution in [0.1, 0.15) is 29.5 Å². The molecule has 6 aromatic carbocycles. The predicted octanol–water partition coefficient (Wildman–Crippen LogP) is 12.5. The molecule has 2 aliphatic heterocycles. The molecule has 2 atom stereocenters. The largest absolute Gasteiger partial charge is 0.307 e. The number of aromatic nitrogens is 3. The van der Waals surface area contributed by atoms with Crippen molar-refractivity contribution in [1.82, 2.24) is 4.40 Å². The number of hydrogen-bond donors (Lipinski definition) is 0. The summed E-state index contributed by atoms with van der Waals surface area (Å²) < 4.78 is 10.2. The quantitative estimate of drug-likeness (QED) is 0.149. The van der Waals surface area contributed by atoms with Gasteiger partial charge in [-0.25, -0.2) is 0 Å². The Labute approximate surface area is 327 Å². The van der Waals surface area contributed by atoms with Gasteiger partial charge in [0.25, 0.3) is 0 Å². The van der Waals surface area contributed by atoms with E-state index < -0.39 is 0 Å². The van der Waals surface area contributed by atoms with Crippen LogP contribution in [0.4, 0.5) is 0 Å². The number of allylic oxidation sites excluding steroid dienone is 1. The fourth-order valence-electron chi connectivity index (χ4n) is 10.5. The van der Waals surface area contributed by atoms with Gasteiger partial charge in [-0.1, -0.05) is 78.9 Å². The van der Waals surface area contributed by atoms with Gasteiger partial charge in [0.05, 0.1) is 32.7 Å². The Morgan fingerprint density at radius 1 is 0.571 bits per heavy atom. The van der Waals surface area contributed by atoms with Crippen molar-refractivity contribution >= 4 is 75.3 Å². The van der Waals surface area contributed by atoms with Gasteiger partial charge in [0, 0.05) is 66.8 Å². The molecule has 0 aliphatic carbocycles. The summed E-state index contributed by atoms with van der Waals surface area (Å²) >= 11 is 1.93. The number of benzene rings is 6. The van der Waals surface area contributed by atoms with Gasteiger partial charge in [0.2, 0.25) is 23.1 Å². The van der Waals surface area contributed by atoms with Crippen LogP contribution in [0.2, 0.25) is 0 Å². The van der Waals surface area contributed by atoms with Crippen molar-refractivity contribution in [3.8, 4) is 33.6 Å². The van der Waals surface area contributed by atoms with Crippen LogP contribution < -0.4 is 9.13 Å². The summed E-state index contributed by atoms with van der Waals surface area (Å²) in [4.78, 5) is 0. The second-order valence-electron chi connectivity index (χ2n) is 15.7. The van der Waals surface area contributed by atoms with Crippen LogP contribution >= 0.6 is 11.3 Å². The summed E-state index contributed by atoms with van der Waals surface area (Å²) in [6.45, 7) is 4.93. The predicted molar refractivity (Wildman–Crippen MR) is 233 cm³/mol. The van der Waals surface area contributed by atoms with Gasteiger partial charge in [-0.15, -0.1) is 11.3 Å². The molecule has 0 N–H and O–H groups in total. The van der Waals surface area contributed by atoms with E-state index >= 15 is 0 Å². The maximum atomic E-state index is 4.93. The second-order valence-corrected chi connectivity index (χ2v) is 16.8. The molecule has 0 saturated carbocycles. The number of thiophene rings is 1. The smallest absolute Gasteiger partial charge is 0.249 e. The van der Waals surface area contributed by atoms with E-state index in [2.05, 4.69) is 178 Å². The van der Waals surface area contributed by atoms with Crippen molar-refractivity contribution in [2.75, 3.05) is 0 Å². The summed E-state index contributed by atoms with van der Waals surface area (Å²) in [5.74, 6) is 0.208. The third-order valence-corrected chi connectivity index (χ3v) is 14.1. The Morgan fingerprint density at radius 2 is 1.32 bits per heavy atom. The topological polar surface area (TPSA) is 12.2 Å². The standard InChI is InChI=1S/C52H35N3S/c1-31-49-37(22-21-33-15-5-6-16-35(33)45-18-9-11-25-53(31)45)40-30-47-42(29-41(40)46-19-10-12-26-54(46)49)44-28-34(32-13-3-2-4-14-32)27-43-38-23-24-39-36-17-7-8-20-48(36)56-52(39)51(38)55(47)50(43)44/h2-20,23-30,37,49H,1,21-22H2/q+2. The number of rotatable bonds is 1. The van der Waals surface area contributed by atoms with Crippen molar-refractivity contribution in [2.24, 2.45) is 0 Å². The second kappa shape index (κ2) is 11.2. The van der Waals surface area contributed by atoms with Crippen LogP contribution in [0.3, 0.4) is 0 Å². The highest BCUT2D eigenvalue weighted by Gasteiger charge is 2.47. The van der Waals surface area contributed by atoms with Crippen molar-refractivity contribution in [1.29, 1.82) is 0 Å². The highest BCUT2D eigenvalue weighted by atomic mass is 32.1. The minimum absolute atomic E-state index is 0.0430. The molecule has 56 heavy (non-hydrogen) atoms. The first-order chi connectivity index (χ1) is 27.7. The third-order valence-electron chi connectivity index (χ3n) is 12.9. The van der Waals surface area contributed by atoms with E-state index in [1.54, 1.807) is 0 Å². The molecule has 11 aromatic rings. The average molecular weight is 734 g/mol. The average Bonchev–Trinajstić information content (AvgIpc) is 3.92. The molecular weight excluding hydrogens is 699 g/mol. The zero-order valence-corrected chi connectivity index (χ0v) is 31.4. The maximum Gasteiger partial charge on any atom is 0.249 e. The Hall–Kier alpha value is -6.62. The Balaban J connectivity index is 1.17. The zero-order chi connectivity index (χ0) is 36.6. The van der Waals surface area contributed by atoms with E-state index in [4.69, 9.17) is 6.58 Å². The SMILES string of the molecule is C=C1C2C(CCc3ccccc3-c3cccc[n+]31)c1cc3c(cc1-c1cccc[n+]12)c1cc(-c2ccccc2)cc2c4ccc5c6ccccc6sc5c4n3c12. The number of pyridine rings is 2. The van der Waals surface area contributed by atoms with Gasteiger partial charge in [-0.2, -0.15) is 9.13 Å². The number of aryl methyl sites for hydroxylation is 1. The molecule has 2 unspecified atom stereocenters. The number of nitrogens with zero attached hydrogens (tertiary/aromatic N) is 3. The van der Waals surface area contributed by atoms with Gasteiger partial charge in [0.1, 0.15) is 0 Å². The molecule has 0 fully saturated rings. The van der Waals surface area contributed by atoms with E-state index in [1.807, 2.05) is 11.3 Å². The number of fused-ring (bicyclic) bond motifs is 19. The van der Waals surface area contributed by atoms with Crippen molar-refractivity contribution < 1.29 is 9.13 Å². The molecular formula is C52H35N3S+2. The summed E-state index contributed by atoms with van der Waals surface area (Å²) in [5, 5.41) is 7.92. The van der Waals surface area contributed by atoms with E-state index in [1.165, 1.54) is 103 Å². The molecule has 0 spiro atoms. The van der Waals surface area contributed by atoms with Gasteiger partial charge in [0.15, 0.2) is 12.4 Å². The lowest BCUT2D eigenvalue weighted by Crippen LogP contribution is -2.53. The van der Waals surface area contributed by atoms with Crippen LogP contribution in [-0.4, -0.2) is 4.40 Å². The van der Waals surface area contributed by atoms with Crippen LogP contribution in [0.25, 0.3) is 97.6 Å². The molecule has 3 nitrogen and oxygen atoms in total. The summed E-state index contributed by atoms with van der Waals surface area (Å²) in [7, 11) is 0. The molecule has 5 aromatic heterocycles. The van der Waals surface area contributed by atoms with Gasteiger partial charge < -0.3 is 4.40 Å². The molecule has 7 heterocycles. The van der Waals surface area contributed by atoms with Crippen molar-refractivity contribution in [2.45, 2.75) is 24.8 Å². The van der Waals surface area contributed by atoms with E-state index in [0.29, 0.717) is 0 Å². The highest BCUT2D eigenvalue weighted by Crippen LogP contribution is 2.51. The fraction of sp³-hybridized carbons (Fsp3) is 0.0769. The minimum Gasteiger partial charge on any atom is -0.307 e. The molecule has 0 bridgehead atoms. The Kier molecular flexibility index (Phi) is 6.15. The monoisotopic (exact) mass is 733 g/mol. The van der Waals surface area contributed by atoms with E-state index in [-0.39, 0.29) is 12.0 Å². The summed E-state index contributed by atoms with van der Waals surface area (Å²) in [6, 6.07) is 56.8. The molecule has 0 radical (unpaired) electrons. The maximum absolute atomic E-state index is 4.93. The van der Waals surface area contributed by atoms with Crippen molar-refractivity contribution in [3.63, 3.8) is 0 Å².